The normalized spacial score (nSPS) is 15.0. The Morgan fingerprint density at radius 2 is 1.96 bits per heavy atom. The van der Waals surface area contributed by atoms with Gasteiger partial charge in [-0.3, -0.25) is 4.79 Å². The Balaban J connectivity index is 1.54. The number of amides is 1. The van der Waals surface area contributed by atoms with Crippen molar-refractivity contribution < 1.29 is 14.4 Å². The molecule has 1 aliphatic rings. The Morgan fingerprint density at radius 1 is 1.22 bits per heavy atom. The van der Waals surface area contributed by atoms with Gasteiger partial charge in [0.05, 0.1) is 19.0 Å². The van der Waals surface area contributed by atoms with E-state index in [2.05, 4.69) is 33.9 Å². The number of benzene rings is 1. The molecule has 0 unspecified atom stereocenters. The molecule has 7 nitrogen and oxygen atoms in total. The number of aromatic nitrogens is 3. The van der Waals surface area contributed by atoms with Crippen molar-refractivity contribution in [2.24, 2.45) is 0 Å². The van der Waals surface area contributed by atoms with Crippen LogP contribution in [0.3, 0.4) is 0 Å². The molecule has 1 saturated heterocycles. The van der Waals surface area contributed by atoms with E-state index < -0.39 is 0 Å². The van der Waals surface area contributed by atoms with Crippen LogP contribution in [0.5, 0.6) is 0 Å². The van der Waals surface area contributed by atoms with Crippen LogP contribution in [-0.4, -0.2) is 52.7 Å². The van der Waals surface area contributed by atoms with Gasteiger partial charge in [0.25, 0.3) is 0 Å². The molecule has 2 heterocycles. The molecule has 0 atom stereocenters. The summed E-state index contributed by atoms with van der Waals surface area (Å²) in [5.41, 5.74) is 2.08. The van der Waals surface area contributed by atoms with Gasteiger partial charge in [0.15, 0.2) is 11.0 Å². The van der Waals surface area contributed by atoms with Gasteiger partial charge in [0.2, 0.25) is 5.91 Å². The highest BCUT2D eigenvalue weighted by atomic mass is 32.2. The summed E-state index contributed by atoms with van der Waals surface area (Å²) in [4.78, 5) is 13.7. The van der Waals surface area contributed by atoms with Crippen LogP contribution in [0, 0.1) is 0 Å². The van der Waals surface area contributed by atoms with Gasteiger partial charge in [-0.25, -0.2) is 0 Å². The molecule has 3 rings (SSSR count). The average molecular weight is 391 g/mol. The van der Waals surface area contributed by atoms with Crippen LogP contribution < -0.4 is 10.2 Å². The van der Waals surface area contributed by atoms with Gasteiger partial charge in [-0.15, -0.1) is 10.2 Å². The minimum Gasteiger partial charge on any atom is -0.370 e. The summed E-state index contributed by atoms with van der Waals surface area (Å²) in [5, 5.41) is 12.4. The van der Waals surface area contributed by atoms with Crippen molar-refractivity contribution in [3.05, 3.63) is 35.7 Å². The van der Waals surface area contributed by atoms with Crippen LogP contribution in [0.4, 0.5) is 5.69 Å². The van der Waals surface area contributed by atoms with Crippen molar-refractivity contribution >= 4 is 23.4 Å². The summed E-state index contributed by atoms with van der Waals surface area (Å²) in [5.74, 6) is 1.26. The van der Waals surface area contributed by atoms with Gasteiger partial charge in [-0.2, -0.15) is 0 Å². The molecule has 1 amide bonds. The van der Waals surface area contributed by atoms with E-state index in [9.17, 15) is 4.79 Å². The number of hydrogen-bond donors (Lipinski definition) is 2. The molecule has 1 fully saturated rings. The maximum atomic E-state index is 12.3. The Hall–Kier alpha value is -1.90. The quantitative estimate of drug-likeness (QED) is 0.658. The lowest BCUT2D eigenvalue weighted by Gasteiger charge is -2.23. The maximum Gasteiger partial charge on any atom is 0.234 e. The van der Waals surface area contributed by atoms with Gasteiger partial charge < -0.3 is 19.5 Å². The molecule has 2 N–H and O–H groups in total. The van der Waals surface area contributed by atoms with Gasteiger partial charge in [-0.05, 0) is 31.0 Å². The van der Waals surface area contributed by atoms with E-state index in [1.165, 1.54) is 22.2 Å². The summed E-state index contributed by atoms with van der Waals surface area (Å²) in [6, 6.07) is 7.96. The first-order chi connectivity index (χ1) is 13.2. The van der Waals surface area contributed by atoms with Crippen molar-refractivity contribution in [3.63, 3.8) is 0 Å². The van der Waals surface area contributed by atoms with E-state index in [0.717, 1.165) is 62.5 Å². The van der Waals surface area contributed by atoms with Crippen LogP contribution >= 0.6 is 11.8 Å². The molecule has 0 spiro atoms. The molecule has 146 valence electrons. The first kappa shape index (κ1) is 19.9. The summed E-state index contributed by atoms with van der Waals surface area (Å²) < 4.78 is 7.52. The number of rotatable bonds is 8. The molecule has 0 saturated carbocycles. The van der Waals surface area contributed by atoms with Gasteiger partial charge in [0, 0.05) is 12.2 Å². The van der Waals surface area contributed by atoms with Crippen LogP contribution in [-0.2, 0) is 29.0 Å². The Bertz CT molecular complexity index is 741. The number of ether oxygens (including phenoxy) is 1. The van der Waals surface area contributed by atoms with Crippen LogP contribution in [0.2, 0.25) is 0 Å². The summed E-state index contributed by atoms with van der Waals surface area (Å²) >= 11 is 1.43. The first-order valence-electron chi connectivity index (χ1n) is 9.54. The zero-order valence-electron chi connectivity index (χ0n) is 16.0. The van der Waals surface area contributed by atoms with Crippen LogP contribution in [0.15, 0.2) is 29.4 Å². The molecule has 1 aromatic carbocycles. The Kier molecular flexibility index (Phi) is 7.25. The van der Waals surface area contributed by atoms with Crippen molar-refractivity contribution in [1.82, 2.24) is 14.8 Å². The number of aryl methyl sites for hydroxylation is 1. The zero-order chi connectivity index (χ0) is 19.1. The predicted octanol–water partition coefficient (Wildman–Crippen LogP) is 1.01. The third-order valence-corrected chi connectivity index (χ3v) is 5.66. The minimum atomic E-state index is -0.0322. The van der Waals surface area contributed by atoms with Gasteiger partial charge in [0.1, 0.15) is 19.6 Å². The molecule has 0 aliphatic carbocycles. The summed E-state index contributed by atoms with van der Waals surface area (Å²) in [6.45, 7) is 9.45. The van der Waals surface area contributed by atoms with Crippen molar-refractivity contribution in [1.29, 1.82) is 0 Å². The molecule has 2 aromatic rings. The zero-order valence-corrected chi connectivity index (χ0v) is 16.8. The van der Waals surface area contributed by atoms with E-state index in [-0.39, 0.29) is 5.91 Å². The Labute approximate surface area is 164 Å². The fourth-order valence-electron chi connectivity index (χ4n) is 3.09. The largest absolute Gasteiger partial charge is 0.370 e. The third kappa shape index (κ3) is 5.54. The standard InChI is InChI=1S/C19H27N5O2S/c1-3-15-5-7-16(8-6-15)20-18(25)14-27-19-22-21-17(24(19)4-2)13-23-9-11-26-12-10-23/h5-8H,3-4,9-14H2,1-2H3,(H,20,25)/p+1. The summed E-state index contributed by atoms with van der Waals surface area (Å²) in [7, 11) is 0. The number of thioether (sulfide) groups is 1. The molecule has 27 heavy (non-hydrogen) atoms. The molecule has 1 aliphatic heterocycles. The molecule has 0 radical (unpaired) electrons. The fourth-order valence-corrected chi connectivity index (χ4v) is 3.91. The Morgan fingerprint density at radius 3 is 2.63 bits per heavy atom. The monoisotopic (exact) mass is 390 g/mol. The van der Waals surface area contributed by atoms with Crippen molar-refractivity contribution in [2.45, 2.75) is 38.5 Å². The third-order valence-electron chi connectivity index (χ3n) is 4.70. The highest BCUT2D eigenvalue weighted by Gasteiger charge is 2.20. The molecule has 0 bridgehead atoms. The lowest BCUT2D eigenvalue weighted by Crippen LogP contribution is -3.12. The van der Waals surface area contributed by atoms with Crippen molar-refractivity contribution in [3.8, 4) is 0 Å². The minimum absolute atomic E-state index is 0.0322. The smallest absolute Gasteiger partial charge is 0.234 e. The SMILES string of the molecule is CCc1ccc(NC(=O)CSc2nnc(C[NH+]3CCOCC3)n2CC)cc1. The number of nitrogens with one attached hydrogen (secondary N) is 2. The number of quaternary nitrogens is 1. The van der Waals surface area contributed by atoms with Gasteiger partial charge in [-0.1, -0.05) is 30.8 Å². The molecular formula is C19H28N5O2S+. The van der Waals surface area contributed by atoms with Crippen LogP contribution in [0.25, 0.3) is 0 Å². The topological polar surface area (TPSA) is 73.5 Å². The number of carbonyl (C=O) groups is 1. The number of morpholine rings is 1. The first-order valence-corrected chi connectivity index (χ1v) is 10.5. The fraction of sp³-hybridized carbons (Fsp3) is 0.526. The number of anilines is 1. The van der Waals surface area contributed by atoms with E-state index in [4.69, 9.17) is 4.74 Å². The van der Waals surface area contributed by atoms with Gasteiger partial charge >= 0.3 is 0 Å². The number of hydrogen-bond acceptors (Lipinski definition) is 5. The number of carbonyl (C=O) groups excluding carboxylic acids is 1. The number of nitrogens with zero attached hydrogens (tertiary/aromatic N) is 3. The second kappa shape index (κ2) is 9.87. The molecular weight excluding hydrogens is 362 g/mol. The van der Waals surface area contributed by atoms with Crippen LogP contribution in [0.1, 0.15) is 25.2 Å². The van der Waals surface area contributed by atoms with E-state index in [0.29, 0.717) is 5.75 Å². The highest BCUT2D eigenvalue weighted by molar-refractivity contribution is 7.99. The second-order valence-corrected chi connectivity index (χ2v) is 7.51. The summed E-state index contributed by atoms with van der Waals surface area (Å²) in [6.07, 6.45) is 0.991. The average Bonchev–Trinajstić information content (AvgIpc) is 3.09. The molecule has 8 heteroatoms. The molecule has 1 aromatic heterocycles. The second-order valence-electron chi connectivity index (χ2n) is 6.57. The lowest BCUT2D eigenvalue weighted by molar-refractivity contribution is -0.922. The lowest BCUT2D eigenvalue weighted by atomic mass is 10.1. The van der Waals surface area contributed by atoms with E-state index in [1.807, 2.05) is 24.3 Å². The highest BCUT2D eigenvalue weighted by Crippen LogP contribution is 2.18. The maximum absolute atomic E-state index is 12.3. The predicted molar refractivity (Wildman–Crippen MR) is 106 cm³/mol. The van der Waals surface area contributed by atoms with E-state index in [1.54, 1.807) is 0 Å². The van der Waals surface area contributed by atoms with Crippen molar-refractivity contribution in [2.75, 3.05) is 37.4 Å². The van der Waals surface area contributed by atoms with E-state index >= 15 is 0 Å².